The minimum atomic E-state index is -0.157. The maximum atomic E-state index is 11.5. The molecule has 3 rings (SSSR count). The molecule has 1 amide bonds. The Morgan fingerprint density at radius 2 is 2.00 bits per heavy atom. The number of hydrogen-bond donors (Lipinski definition) is 1. The number of amides is 1. The molecule has 2 aliphatic heterocycles. The molecule has 1 atom stereocenters. The molecule has 2 N–H and O–H groups in total. The summed E-state index contributed by atoms with van der Waals surface area (Å²) in [5, 5.41) is 0. The van der Waals surface area contributed by atoms with Crippen LogP contribution in [0.4, 0.5) is 5.82 Å². The fraction of sp³-hybridized carbons (Fsp3) is 0.625. The Morgan fingerprint density at radius 1 is 1.24 bits per heavy atom. The lowest BCUT2D eigenvalue weighted by Crippen LogP contribution is -2.50. The summed E-state index contributed by atoms with van der Waals surface area (Å²) in [5.74, 6) is 0.914. The smallest absolute Gasteiger partial charge is 0.234 e. The summed E-state index contributed by atoms with van der Waals surface area (Å²) in [6, 6.07) is 6.62. The Balaban J connectivity index is 1.61. The van der Waals surface area contributed by atoms with Crippen LogP contribution in [0.15, 0.2) is 18.2 Å². The quantitative estimate of drug-likeness (QED) is 0.911. The fourth-order valence-electron chi connectivity index (χ4n) is 3.66. The zero-order chi connectivity index (χ0) is 14.8. The van der Waals surface area contributed by atoms with Crippen molar-refractivity contribution in [2.75, 3.05) is 24.5 Å². The highest BCUT2D eigenvalue weighted by atomic mass is 16.1. The molecule has 0 aliphatic carbocycles. The van der Waals surface area contributed by atoms with Gasteiger partial charge in [-0.15, -0.1) is 0 Å². The number of rotatable bonds is 3. The third kappa shape index (κ3) is 3.02. The molecule has 3 heterocycles. The number of aromatic nitrogens is 1. The third-order valence-electron chi connectivity index (χ3n) is 4.75. The Bertz CT molecular complexity index is 511. The lowest BCUT2D eigenvalue weighted by atomic mass is 10.0. The average Bonchev–Trinajstić information content (AvgIpc) is 2.97. The molecule has 5 nitrogen and oxygen atoms in total. The van der Waals surface area contributed by atoms with Gasteiger partial charge in [-0.3, -0.25) is 9.69 Å². The maximum absolute atomic E-state index is 11.5. The first kappa shape index (κ1) is 14.3. The van der Waals surface area contributed by atoms with Gasteiger partial charge in [0.25, 0.3) is 0 Å². The number of piperidine rings is 1. The van der Waals surface area contributed by atoms with Crippen molar-refractivity contribution >= 4 is 11.7 Å². The van der Waals surface area contributed by atoms with Gasteiger partial charge in [-0.1, -0.05) is 6.07 Å². The summed E-state index contributed by atoms with van der Waals surface area (Å²) < 4.78 is 0. The van der Waals surface area contributed by atoms with Crippen molar-refractivity contribution in [3.8, 4) is 0 Å². The van der Waals surface area contributed by atoms with Crippen LogP contribution >= 0.6 is 0 Å². The van der Waals surface area contributed by atoms with E-state index in [1.54, 1.807) is 0 Å². The SMILES string of the molecule is Cc1cccc(N2CCC(N3CCCC3C(N)=O)CC2)n1. The number of primary amides is 1. The van der Waals surface area contributed by atoms with Crippen LogP contribution in [0, 0.1) is 6.92 Å². The molecule has 114 valence electrons. The van der Waals surface area contributed by atoms with E-state index in [1.165, 1.54) is 0 Å². The lowest BCUT2D eigenvalue weighted by Gasteiger charge is -2.39. The van der Waals surface area contributed by atoms with Crippen molar-refractivity contribution in [3.05, 3.63) is 23.9 Å². The van der Waals surface area contributed by atoms with Crippen molar-refractivity contribution in [2.24, 2.45) is 5.73 Å². The molecule has 2 fully saturated rings. The second kappa shape index (κ2) is 6.02. The number of anilines is 1. The van der Waals surface area contributed by atoms with Gasteiger partial charge in [-0.25, -0.2) is 4.98 Å². The van der Waals surface area contributed by atoms with Crippen LogP contribution in [-0.4, -0.2) is 47.5 Å². The van der Waals surface area contributed by atoms with E-state index < -0.39 is 0 Å². The largest absolute Gasteiger partial charge is 0.368 e. The number of carbonyl (C=O) groups is 1. The van der Waals surface area contributed by atoms with Gasteiger partial charge in [0.1, 0.15) is 5.82 Å². The number of carbonyl (C=O) groups excluding carboxylic acids is 1. The van der Waals surface area contributed by atoms with E-state index >= 15 is 0 Å². The van der Waals surface area contributed by atoms with E-state index in [1.807, 2.05) is 13.0 Å². The van der Waals surface area contributed by atoms with Gasteiger partial charge in [-0.2, -0.15) is 0 Å². The normalized spacial score (nSPS) is 24.4. The summed E-state index contributed by atoms with van der Waals surface area (Å²) >= 11 is 0. The monoisotopic (exact) mass is 288 g/mol. The van der Waals surface area contributed by atoms with Gasteiger partial charge < -0.3 is 10.6 Å². The van der Waals surface area contributed by atoms with E-state index in [-0.39, 0.29) is 11.9 Å². The van der Waals surface area contributed by atoms with Gasteiger partial charge in [0.15, 0.2) is 0 Å². The van der Waals surface area contributed by atoms with Crippen LogP contribution in [0.2, 0.25) is 0 Å². The van der Waals surface area contributed by atoms with Crippen molar-refractivity contribution in [3.63, 3.8) is 0 Å². The maximum Gasteiger partial charge on any atom is 0.234 e. The van der Waals surface area contributed by atoms with Crippen LogP contribution in [0.25, 0.3) is 0 Å². The van der Waals surface area contributed by atoms with Crippen LogP contribution in [0.1, 0.15) is 31.4 Å². The summed E-state index contributed by atoms with van der Waals surface area (Å²) in [5.41, 5.74) is 6.59. The Labute approximate surface area is 126 Å². The van der Waals surface area contributed by atoms with E-state index in [0.29, 0.717) is 6.04 Å². The van der Waals surface area contributed by atoms with Gasteiger partial charge >= 0.3 is 0 Å². The Morgan fingerprint density at radius 3 is 2.67 bits per heavy atom. The highest BCUT2D eigenvalue weighted by molar-refractivity contribution is 5.80. The van der Waals surface area contributed by atoms with Crippen LogP contribution in [0.5, 0.6) is 0 Å². The number of nitrogens with two attached hydrogens (primary N) is 1. The Hall–Kier alpha value is -1.62. The zero-order valence-electron chi connectivity index (χ0n) is 12.7. The third-order valence-corrected chi connectivity index (χ3v) is 4.75. The summed E-state index contributed by atoms with van der Waals surface area (Å²) in [4.78, 5) is 20.8. The molecule has 0 spiro atoms. The van der Waals surface area contributed by atoms with Gasteiger partial charge in [-0.05, 0) is 51.3 Å². The minimum absolute atomic E-state index is 0.0429. The molecule has 0 radical (unpaired) electrons. The van der Waals surface area contributed by atoms with E-state index in [9.17, 15) is 4.79 Å². The van der Waals surface area contributed by atoms with Crippen LogP contribution in [-0.2, 0) is 4.79 Å². The van der Waals surface area contributed by atoms with Gasteiger partial charge in [0, 0.05) is 24.8 Å². The molecule has 2 saturated heterocycles. The van der Waals surface area contributed by atoms with Gasteiger partial charge in [0.2, 0.25) is 5.91 Å². The molecule has 5 heteroatoms. The summed E-state index contributed by atoms with van der Waals surface area (Å²) in [6.45, 7) is 5.05. The van der Waals surface area contributed by atoms with Crippen molar-refractivity contribution in [1.82, 2.24) is 9.88 Å². The predicted octanol–water partition coefficient (Wildman–Crippen LogP) is 1.31. The summed E-state index contributed by atoms with van der Waals surface area (Å²) in [7, 11) is 0. The number of nitrogens with zero attached hydrogens (tertiary/aromatic N) is 3. The van der Waals surface area contributed by atoms with Crippen LogP contribution < -0.4 is 10.6 Å². The molecule has 1 aromatic heterocycles. The predicted molar refractivity (Wildman–Crippen MR) is 83.1 cm³/mol. The second-order valence-corrected chi connectivity index (χ2v) is 6.15. The highest BCUT2D eigenvalue weighted by Crippen LogP contribution is 2.27. The minimum Gasteiger partial charge on any atom is -0.368 e. The number of pyridine rings is 1. The van der Waals surface area contributed by atoms with Crippen molar-refractivity contribution < 1.29 is 4.79 Å². The number of likely N-dealkylation sites (tertiary alicyclic amines) is 1. The zero-order valence-corrected chi connectivity index (χ0v) is 12.7. The van der Waals surface area contributed by atoms with E-state index in [0.717, 1.165) is 56.8 Å². The second-order valence-electron chi connectivity index (χ2n) is 6.15. The summed E-state index contributed by atoms with van der Waals surface area (Å²) in [6.07, 6.45) is 4.18. The number of aryl methyl sites for hydroxylation is 1. The topological polar surface area (TPSA) is 62.5 Å². The molecule has 1 aromatic rings. The molecule has 0 aromatic carbocycles. The highest BCUT2D eigenvalue weighted by Gasteiger charge is 2.35. The first-order valence-electron chi connectivity index (χ1n) is 7.89. The first-order chi connectivity index (χ1) is 10.1. The molecule has 0 bridgehead atoms. The average molecular weight is 288 g/mol. The molecule has 1 unspecified atom stereocenters. The van der Waals surface area contributed by atoms with E-state index in [4.69, 9.17) is 5.73 Å². The van der Waals surface area contributed by atoms with E-state index in [2.05, 4.69) is 26.9 Å². The van der Waals surface area contributed by atoms with Crippen LogP contribution in [0.3, 0.4) is 0 Å². The standard InChI is InChI=1S/C16H24N4O/c1-12-4-2-6-15(18-12)19-10-7-13(8-11-19)20-9-3-5-14(20)16(17)21/h2,4,6,13-14H,3,5,7-11H2,1H3,(H2,17,21). The molecular formula is C16H24N4O. The fourth-order valence-corrected chi connectivity index (χ4v) is 3.66. The molecule has 2 aliphatic rings. The van der Waals surface area contributed by atoms with Gasteiger partial charge in [0.05, 0.1) is 6.04 Å². The molecular weight excluding hydrogens is 264 g/mol. The molecule has 21 heavy (non-hydrogen) atoms. The van der Waals surface area contributed by atoms with Crippen molar-refractivity contribution in [2.45, 2.75) is 44.7 Å². The molecule has 0 saturated carbocycles. The number of hydrogen-bond acceptors (Lipinski definition) is 4. The lowest BCUT2D eigenvalue weighted by molar-refractivity contribution is -0.123. The van der Waals surface area contributed by atoms with Crippen molar-refractivity contribution in [1.29, 1.82) is 0 Å². The first-order valence-corrected chi connectivity index (χ1v) is 7.89. The Kier molecular flexibility index (Phi) is 4.10.